The van der Waals surface area contributed by atoms with Crippen LogP contribution in [0.25, 0.3) is 0 Å². The van der Waals surface area contributed by atoms with Gasteiger partial charge in [-0.1, -0.05) is 6.92 Å². The SMILES string of the molecule is CCC(N)c1cc(C(=O)O)ccn1. The molecule has 0 aliphatic rings. The van der Waals surface area contributed by atoms with E-state index >= 15 is 0 Å². The highest BCUT2D eigenvalue weighted by molar-refractivity contribution is 5.87. The molecule has 0 fully saturated rings. The molecule has 0 spiro atoms. The van der Waals surface area contributed by atoms with Gasteiger partial charge in [0.1, 0.15) is 0 Å². The third-order valence-corrected chi connectivity index (χ3v) is 1.85. The minimum absolute atomic E-state index is 0.181. The summed E-state index contributed by atoms with van der Waals surface area (Å²) in [6.07, 6.45) is 2.21. The van der Waals surface area contributed by atoms with E-state index in [0.29, 0.717) is 5.69 Å². The van der Waals surface area contributed by atoms with Crippen LogP contribution in [0.15, 0.2) is 18.3 Å². The number of carboxylic acid groups (broad SMARTS) is 1. The largest absolute Gasteiger partial charge is 0.478 e. The molecule has 0 aliphatic carbocycles. The topological polar surface area (TPSA) is 76.2 Å². The second-order valence-electron chi connectivity index (χ2n) is 2.79. The first-order valence-electron chi connectivity index (χ1n) is 4.10. The van der Waals surface area contributed by atoms with Crippen molar-refractivity contribution in [1.82, 2.24) is 4.98 Å². The van der Waals surface area contributed by atoms with Crippen molar-refractivity contribution in [3.63, 3.8) is 0 Å². The Kier molecular flexibility index (Phi) is 2.97. The average Bonchev–Trinajstić information content (AvgIpc) is 2.17. The number of rotatable bonds is 3. The highest BCUT2D eigenvalue weighted by atomic mass is 16.4. The van der Waals surface area contributed by atoms with Crippen LogP contribution in [-0.2, 0) is 0 Å². The highest BCUT2D eigenvalue weighted by Crippen LogP contribution is 2.11. The zero-order chi connectivity index (χ0) is 9.84. The van der Waals surface area contributed by atoms with E-state index in [2.05, 4.69) is 4.98 Å². The fourth-order valence-electron chi connectivity index (χ4n) is 0.993. The Hall–Kier alpha value is -1.42. The molecule has 13 heavy (non-hydrogen) atoms. The van der Waals surface area contributed by atoms with Crippen molar-refractivity contribution in [1.29, 1.82) is 0 Å². The van der Waals surface area contributed by atoms with Crippen molar-refractivity contribution in [2.75, 3.05) is 0 Å². The maximum atomic E-state index is 10.6. The fourth-order valence-corrected chi connectivity index (χ4v) is 0.993. The van der Waals surface area contributed by atoms with Gasteiger partial charge in [-0.25, -0.2) is 4.79 Å². The molecule has 4 nitrogen and oxygen atoms in total. The van der Waals surface area contributed by atoms with Crippen LogP contribution in [-0.4, -0.2) is 16.1 Å². The highest BCUT2D eigenvalue weighted by Gasteiger charge is 2.08. The Labute approximate surface area is 76.4 Å². The van der Waals surface area contributed by atoms with Gasteiger partial charge in [-0.3, -0.25) is 4.98 Å². The molecule has 3 N–H and O–H groups in total. The second-order valence-corrected chi connectivity index (χ2v) is 2.79. The van der Waals surface area contributed by atoms with Gasteiger partial charge < -0.3 is 10.8 Å². The summed E-state index contributed by atoms with van der Waals surface area (Å²) in [4.78, 5) is 14.6. The second kappa shape index (κ2) is 4.00. The zero-order valence-corrected chi connectivity index (χ0v) is 7.40. The van der Waals surface area contributed by atoms with E-state index in [-0.39, 0.29) is 11.6 Å². The molecule has 1 heterocycles. The Bertz CT molecular complexity index is 312. The van der Waals surface area contributed by atoms with Crippen LogP contribution >= 0.6 is 0 Å². The lowest BCUT2D eigenvalue weighted by Crippen LogP contribution is -2.11. The Morgan fingerprint density at radius 1 is 1.77 bits per heavy atom. The van der Waals surface area contributed by atoms with Gasteiger partial charge >= 0.3 is 5.97 Å². The van der Waals surface area contributed by atoms with Gasteiger partial charge in [-0.15, -0.1) is 0 Å². The molecular weight excluding hydrogens is 168 g/mol. The molecule has 4 heteroatoms. The van der Waals surface area contributed by atoms with E-state index in [1.807, 2.05) is 6.92 Å². The third-order valence-electron chi connectivity index (χ3n) is 1.85. The van der Waals surface area contributed by atoms with Crippen LogP contribution in [0, 0.1) is 0 Å². The number of nitrogens with two attached hydrogens (primary N) is 1. The van der Waals surface area contributed by atoms with Gasteiger partial charge in [0.2, 0.25) is 0 Å². The number of aromatic carboxylic acids is 1. The summed E-state index contributed by atoms with van der Waals surface area (Å²) in [7, 11) is 0. The molecule has 1 rings (SSSR count). The van der Waals surface area contributed by atoms with Crippen LogP contribution in [0.5, 0.6) is 0 Å². The third kappa shape index (κ3) is 2.26. The van der Waals surface area contributed by atoms with Gasteiger partial charge in [-0.05, 0) is 18.6 Å². The van der Waals surface area contributed by atoms with Gasteiger partial charge in [0, 0.05) is 12.2 Å². The van der Waals surface area contributed by atoms with Crippen molar-refractivity contribution in [3.8, 4) is 0 Å². The summed E-state index contributed by atoms with van der Waals surface area (Å²) in [5.41, 5.74) is 6.57. The predicted octanol–water partition coefficient (Wildman–Crippen LogP) is 1.19. The van der Waals surface area contributed by atoms with Gasteiger partial charge in [0.15, 0.2) is 0 Å². The molecule has 70 valence electrons. The first-order valence-corrected chi connectivity index (χ1v) is 4.10. The first kappa shape index (κ1) is 9.67. The molecule has 0 amide bonds. The van der Waals surface area contributed by atoms with Crippen molar-refractivity contribution < 1.29 is 9.90 Å². The number of carbonyl (C=O) groups is 1. The molecule has 0 aromatic carbocycles. The normalized spacial score (nSPS) is 12.5. The van der Waals surface area contributed by atoms with Crippen molar-refractivity contribution >= 4 is 5.97 Å². The number of carboxylic acids is 1. The standard InChI is InChI=1S/C9H12N2O2/c1-2-7(10)8-5-6(9(12)13)3-4-11-8/h3-5,7H,2,10H2,1H3,(H,12,13). The number of aromatic nitrogens is 1. The Balaban J connectivity index is 2.98. The van der Waals surface area contributed by atoms with Crippen molar-refractivity contribution in [3.05, 3.63) is 29.6 Å². The molecule has 1 unspecified atom stereocenters. The van der Waals surface area contributed by atoms with Gasteiger partial charge in [-0.2, -0.15) is 0 Å². The Morgan fingerprint density at radius 2 is 2.46 bits per heavy atom. The van der Waals surface area contributed by atoms with E-state index in [1.165, 1.54) is 18.3 Å². The lowest BCUT2D eigenvalue weighted by Gasteiger charge is -2.07. The van der Waals surface area contributed by atoms with Crippen LogP contribution < -0.4 is 5.73 Å². The smallest absolute Gasteiger partial charge is 0.335 e. The summed E-state index contributed by atoms with van der Waals surface area (Å²) in [5, 5.41) is 8.70. The van der Waals surface area contributed by atoms with E-state index < -0.39 is 5.97 Å². The van der Waals surface area contributed by atoms with E-state index in [9.17, 15) is 4.79 Å². The lowest BCUT2D eigenvalue weighted by molar-refractivity contribution is 0.0696. The molecule has 1 aromatic rings. The van der Waals surface area contributed by atoms with Crippen LogP contribution in [0.4, 0.5) is 0 Å². The average molecular weight is 180 g/mol. The first-order chi connectivity index (χ1) is 6.15. The molecule has 1 aromatic heterocycles. The quantitative estimate of drug-likeness (QED) is 0.732. The summed E-state index contributed by atoms with van der Waals surface area (Å²) in [5.74, 6) is -0.952. The minimum atomic E-state index is -0.952. The molecular formula is C9H12N2O2. The van der Waals surface area contributed by atoms with Crippen LogP contribution in [0.2, 0.25) is 0 Å². The van der Waals surface area contributed by atoms with E-state index in [1.54, 1.807) is 0 Å². The molecule has 0 radical (unpaired) electrons. The molecule has 0 bridgehead atoms. The number of hydrogen-bond donors (Lipinski definition) is 2. The van der Waals surface area contributed by atoms with E-state index in [0.717, 1.165) is 6.42 Å². The van der Waals surface area contributed by atoms with Crippen LogP contribution in [0.3, 0.4) is 0 Å². The summed E-state index contributed by atoms with van der Waals surface area (Å²) in [6.45, 7) is 1.93. The molecule has 1 atom stereocenters. The predicted molar refractivity (Wildman–Crippen MR) is 48.4 cm³/mol. The maximum Gasteiger partial charge on any atom is 0.335 e. The van der Waals surface area contributed by atoms with Gasteiger partial charge in [0.25, 0.3) is 0 Å². The molecule has 0 aliphatic heterocycles. The number of nitrogens with zero attached hydrogens (tertiary/aromatic N) is 1. The monoisotopic (exact) mass is 180 g/mol. The minimum Gasteiger partial charge on any atom is -0.478 e. The molecule has 0 saturated heterocycles. The van der Waals surface area contributed by atoms with Gasteiger partial charge in [0.05, 0.1) is 11.3 Å². The number of hydrogen-bond acceptors (Lipinski definition) is 3. The van der Waals surface area contributed by atoms with E-state index in [4.69, 9.17) is 10.8 Å². The van der Waals surface area contributed by atoms with Crippen LogP contribution in [0.1, 0.15) is 35.4 Å². The molecule has 0 saturated carbocycles. The fraction of sp³-hybridized carbons (Fsp3) is 0.333. The summed E-state index contributed by atoms with van der Waals surface area (Å²) >= 11 is 0. The Morgan fingerprint density at radius 3 is 3.00 bits per heavy atom. The number of pyridine rings is 1. The van der Waals surface area contributed by atoms with Crippen molar-refractivity contribution in [2.45, 2.75) is 19.4 Å². The summed E-state index contributed by atoms with van der Waals surface area (Å²) in [6, 6.07) is 2.78. The van der Waals surface area contributed by atoms with Crippen molar-refractivity contribution in [2.24, 2.45) is 5.73 Å². The lowest BCUT2D eigenvalue weighted by atomic mass is 10.1. The maximum absolute atomic E-state index is 10.6. The zero-order valence-electron chi connectivity index (χ0n) is 7.40. The summed E-state index contributed by atoms with van der Waals surface area (Å²) < 4.78 is 0.